The van der Waals surface area contributed by atoms with Crippen LogP contribution < -0.4 is 9.46 Å². The Labute approximate surface area is 254 Å². The van der Waals surface area contributed by atoms with Gasteiger partial charge in [0.1, 0.15) is 11.9 Å². The van der Waals surface area contributed by atoms with E-state index in [1.807, 2.05) is 18.9 Å². The predicted octanol–water partition coefficient (Wildman–Crippen LogP) is 5.51. The van der Waals surface area contributed by atoms with Crippen LogP contribution in [0.15, 0.2) is 71.6 Å². The lowest BCUT2D eigenvalue weighted by atomic mass is 9.99. The Kier molecular flexibility index (Phi) is 9.95. The molecular formula is C30H33ClF3N3O5S. The third-order valence-electron chi connectivity index (χ3n) is 7.27. The molecule has 1 aliphatic heterocycles. The maximum Gasteiger partial charge on any atom is 0.416 e. The minimum absolute atomic E-state index is 0.00767. The number of aliphatic hydroxyl groups excluding tert-OH is 1. The van der Waals surface area contributed by atoms with Crippen LogP contribution >= 0.6 is 11.6 Å². The number of nitrogens with zero attached hydrogens (tertiary/aromatic N) is 2. The van der Waals surface area contributed by atoms with Gasteiger partial charge in [0.2, 0.25) is 0 Å². The first-order valence-corrected chi connectivity index (χ1v) is 15.4. The van der Waals surface area contributed by atoms with Gasteiger partial charge in [-0.05, 0) is 74.1 Å². The SMILES string of the molecule is C[C@H](CO)N1C[C@H](C)[C@@H](CN(C)Cc2ccc(C(F)(F)F)cc2)Oc2ccc(NS(=O)(=O)c3ccc(Cl)cc3)cc2C1=O. The molecule has 0 aliphatic carbocycles. The van der Waals surface area contributed by atoms with Crippen molar-refractivity contribution in [2.24, 2.45) is 5.92 Å². The predicted molar refractivity (Wildman–Crippen MR) is 158 cm³/mol. The average Bonchev–Trinajstić information content (AvgIpc) is 2.94. The quantitative estimate of drug-likeness (QED) is 0.320. The van der Waals surface area contributed by atoms with E-state index in [1.165, 1.54) is 59.5 Å². The number of anilines is 1. The van der Waals surface area contributed by atoms with Crippen molar-refractivity contribution in [2.75, 3.05) is 31.5 Å². The molecule has 3 aromatic rings. The lowest BCUT2D eigenvalue weighted by molar-refractivity contribution is -0.137. The summed E-state index contributed by atoms with van der Waals surface area (Å²) in [5.74, 6) is -0.370. The number of carbonyl (C=O) groups excluding carboxylic acids is 1. The van der Waals surface area contributed by atoms with E-state index in [0.717, 1.165) is 12.1 Å². The Morgan fingerprint density at radius 3 is 2.37 bits per heavy atom. The number of benzene rings is 3. The van der Waals surface area contributed by atoms with E-state index in [4.69, 9.17) is 16.3 Å². The zero-order valence-electron chi connectivity index (χ0n) is 23.8. The van der Waals surface area contributed by atoms with Crippen molar-refractivity contribution in [1.82, 2.24) is 9.80 Å². The number of ether oxygens (including phenoxy) is 1. The molecule has 1 aliphatic rings. The largest absolute Gasteiger partial charge is 0.488 e. The number of nitrogens with one attached hydrogen (secondary N) is 1. The summed E-state index contributed by atoms with van der Waals surface area (Å²) in [7, 11) is -2.16. The molecule has 0 radical (unpaired) electrons. The molecule has 0 saturated heterocycles. The molecule has 0 unspecified atom stereocenters. The fraction of sp³-hybridized carbons (Fsp3) is 0.367. The molecule has 1 heterocycles. The van der Waals surface area contributed by atoms with Crippen LogP contribution in [0.25, 0.3) is 0 Å². The van der Waals surface area contributed by atoms with Crippen LogP contribution in [-0.2, 0) is 22.7 Å². The summed E-state index contributed by atoms with van der Waals surface area (Å²) in [5.41, 5.74) is 0.244. The van der Waals surface area contributed by atoms with Crippen molar-refractivity contribution in [3.63, 3.8) is 0 Å². The molecule has 13 heteroatoms. The molecule has 3 atom stereocenters. The Bertz CT molecular complexity index is 1540. The second kappa shape index (κ2) is 13.1. The van der Waals surface area contributed by atoms with Crippen molar-refractivity contribution in [2.45, 2.75) is 43.6 Å². The molecule has 2 N–H and O–H groups in total. The van der Waals surface area contributed by atoms with Gasteiger partial charge in [-0.15, -0.1) is 0 Å². The minimum atomic E-state index is -4.41. The maximum absolute atomic E-state index is 13.7. The first kappa shape index (κ1) is 32.6. The standard InChI is InChI=1S/C30H33ClF3N3O5S/c1-19-15-37(20(2)18-38)29(39)26-14-24(35-43(40,41)25-11-8-23(31)9-12-25)10-13-27(26)42-28(19)17-36(3)16-21-4-6-22(7-5-21)30(32,33)34/h4-14,19-20,28,35,38H,15-18H2,1-3H3/t19-,20+,28+/m0/s1. The van der Waals surface area contributed by atoms with E-state index in [1.54, 1.807) is 6.92 Å². The summed E-state index contributed by atoms with van der Waals surface area (Å²) >= 11 is 5.88. The number of rotatable bonds is 9. The number of likely N-dealkylation sites (N-methyl/N-ethyl adjacent to an activating group) is 1. The summed E-state index contributed by atoms with van der Waals surface area (Å²) < 4.78 is 73.6. The number of alkyl halides is 3. The number of aliphatic hydroxyl groups is 1. The number of hydrogen-bond donors (Lipinski definition) is 2. The highest BCUT2D eigenvalue weighted by atomic mass is 35.5. The molecule has 0 aromatic heterocycles. The van der Waals surface area contributed by atoms with Gasteiger partial charge in [-0.25, -0.2) is 8.42 Å². The fourth-order valence-corrected chi connectivity index (χ4v) is 5.99. The number of amides is 1. The van der Waals surface area contributed by atoms with Crippen LogP contribution in [0.1, 0.15) is 35.3 Å². The number of fused-ring (bicyclic) bond motifs is 1. The topological polar surface area (TPSA) is 99.2 Å². The number of halogens is 4. The van der Waals surface area contributed by atoms with Gasteiger partial charge in [0, 0.05) is 36.3 Å². The van der Waals surface area contributed by atoms with Gasteiger partial charge in [-0.2, -0.15) is 13.2 Å². The Balaban J connectivity index is 1.59. The number of hydrogen-bond acceptors (Lipinski definition) is 6. The van der Waals surface area contributed by atoms with Gasteiger partial charge in [-0.3, -0.25) is 14.4 Å². The molecule has 1 amide bonds. The summed E-state index contributed by atoms with van der Waals surface area (Å²) in [4.78, 5) is 17.1. The molecule has 3 aromatic carbocycles. The van der Waals surface area contributed by atoms with Crippen LogP contribution in [0.3, 0.4) is 0 Å². The molecule has 43 heavy (non-hydrogen) atoms. The molecule has 0 bridgehead atoms. The van der Waals surface area contributed by atoms with E-state index in [-0.39, 0.29) is 41.0 Å². The first-order chi connectivity index (χ1) is 20.2. The van der Waals surface area contributed by atoms with E-state index in [2.05, 4.69) is 4.72 Å². The summed E-state index contributed by atoms with van der Waals surface area (Å²) in [6.45, 7) is 4.34. The van der Waals surface area contributed by atoms with E-state index >= 15 is 0 Å². The van der Waals surface area contributed by atoms with Gasteiger partial charge in [0.25, 0.3) is 15.9 Å². The van der Waals surface area contributed by atoms with Crippen LogP contribution in [0.4, 0.5) is 18.9 Å². The fourth-order valence-electron chi connectivity index (χ4n) is 4.81. The molecule has 0 fully saturated rings. The molecule has 4 rings (SSSR count). The number of sulfonamides is 1. The highest BCUT2D eigenvalue weighted by Gasteiger charge is 2.34. The highest BCUT2D eigenvalue weighted by Crippen LogP contribution is 2.32. The lowest BCUT2D eigenvalue weighted by Crippen LogP contribution is -2.49. The van der Waals surface area contributed by atoms with Crippen LogP contribution in [-0.4, -0.2) is 68.1 Å². The summed E-state index contributed by atoms with van der Waals surface area (Å²) in [6, 6.07) is 14.5. The Morgan fingerprint density at radius 2 is 1.77 bits per heavy atom. The van der Waals surface area contributed by atoms with Crippen LogP contribution in [0, 0.1) is 5.92 Å². The van der Waals surface area contributed by atoms with Gasteiger partial charge in [0.05, 0.1) is 28.7 Å². The Hall–Kier alpha value is -3.32. The minimum Gasteiger partial charge on any atom is -0.488 e. The molecule has 232 valence electrons. The van der Waals surface area contributed by atoms with E-state index < -0.39 is 39.8 Å². The monoisotopic (exact) mass is 639 g/mol. The first-order valence-electron chi connectivity index (χ1n) is 13.5. The highest BCUT2D eigenvalue weighted by molar-refractivity contribution is 7.92. The van der Waals surface area contributed by atoms with Gasteiger partial charge < -0.3 is 14.7 Å². The molecule has 0 spiro atoms. The van der Waals surface area contributed by atoms with Crippen LogP contribution in [0.5, 0.6) is 5.75 Å². The van der Waals surface area contributed by atoms with E-state index in [0.29, 0.717) is 23.7 Å². The average molecular weight is 640 g/mol. The van der Waals surface area contributed by atoms with Crippen molar-refractivity contribution >= 4 is 33.2 Å². The van der Waals surface area contributed by atoms with Crippen molar-refractivity contribution in [3.8, 4) is 5.75 Å². The van der Waals surface area contributed by atoms with Gasteiger partial charge in [-0.1, -0.05) is 30.7 Å². The molecule has 0 saturated carbocycles. The Morgan fingerprint density at radius 1 is 1.12 bits per heavy atom. The molecule has 8 nitrogen and oxygen atoms in total. The van der Waals surface area contributed by atoms with Gasteiger partial charge >= 0.3 is 6.18 Å². The van der Waals surface area contributed by atoms with Crippen molar-refractivity contribution in [3.05, 3.63) is 88.4 Å². The zero-order chi connectivity index (χ0) is 31.5. The zero-order valence-corrected chi connectivity index (χ0v) is 25.4. The van der Waals surface area contributed by atoms with Crippen molar-refractivity contribution < 1.29 is 36.2 Å². The third kappa shape index (κ3) is 7.99. The summed E-state index contributed by atoms with van der Waals surface area (Å²) in [5, 5.41) is 10.3. The smallest absolute Gasteiger partial charge is 0.416 e. The van der Waals surface area contributed by atoms with Gasteiger partial charge in [0.15, 0.2) is 0 Å². The lowest BCUT2D eigenvalue weighted by Gasteiger charge is -2.38. The molecular weight excluding hydrogens is 607 g/mol. The normalized spacial score (nSPS) is 18.4. The second-order valence-corrected chi connectivity index (χ2v) is 12.9. The van der Waals surface area contributed by atoms with Crippen molar-refractivity contribution in [1.29, 1.82) is 0 Å². The van der Waals surface area contributed by atoms with Crippen LogP contribution in [0.2, 0.25) is 5.02 Å². The third-order valence-corrected chi connectivity index (χ3v) is 8.92. The second-order valence-electron chi connectivity index (χ2n) is 10.8. The van der Waals surface area contributed by atoms with E-state index in [9.17, 15) is 31.5 Å². The number of carbonyl (C=O) groups is 1. The summed E-state index contributed by atoms with van der Waals surface area (Å²) in [6.07, 6.45) is -4.86. The maximum atomic E-state index is 13.7.